The summed E-state index contributed by atoms with van der Waals surface area (Å²) < 4.78 is 5.40. The third-order valence-electron chi connectivity index (χ3n) is 3.90. The number of rotatable bonds is 5. The summed E-state index contributed by atoms with van der Waals surface area (Å²) in [5.41, 5.74) is 0. The highest BCUT2D eigenvalue weighted by atomic mass is 16.5. The van der Waals surface area contributed by atoms with E-state index in [0.717, 1.165) is 25.0 Å². The van der Waals surface area contributed by atoms with Crippen LogP contribution < -0.4 is 5.32 Å². The third kappa shape index (κ3) is 3.76. The van der Waals surface area contributed by atoms with Gasteiger partial charge >= 0.3 is 0 Å². The van der Waals surface area contributed by atoms with E-state index in [2.05, 4.69) is 19.2 Å². The van der Waals surface area contributed by atoms with Crippen molar-refractivity contribution in [3.8, 4) is 0 Å². The highest BCUT2D eigenvalue weighted by Gasteiger charge is 2.26. The Labute approximate surface area is 93.8 Å². The number of nitrogens with one attached hydrogen (secondary N) is 1. The first-order chi connectivity index (χ1) is 7.25. The van der Waals surface area contributed by atoms with E-state index in [9.17, 15) is 0 Å². The van der Waals surface area contributed by atoms with Crippen LogP contribution in [0.3, 0.4) is 0 Å². The van der Waals surface area contributed by atoms with Gasteiger partial charge in [-0.05, 0) is 44.9 Å². The van der Waals surface area contributed by atoms with Gasteiger partial charge < -0.3 is 10.1 Å². The van der Waals surface area contributed by atoms with Crippen LogP contribution in [0.25, 0.3) is 0 Å². The lowest BCUT2D eigenvalue weighted by molar-refractivity contribution is 0.0544. The van der Waals surface area contributed by atoms with E-state index in [1.807, 2.05) is 0 Å². The van der Waals surface area contributed by atoms with Crippen molar-refractivity contribution in [2.75, 3.05) is 13.2 Å². The van der Waals surface area contributed by atoms with Gasteiger partial charge in [-0.25, -0.2) is 0 Å². The molecular formula is C13H25NO. The van der Waals surface area contributed by atoms with Gasteiger partial charge in [0.05, 0.1) is 0 Å². The standard InChI is InChI=1S/C13H25NO/c1-10(9-12-3-4-12)14-11(2)13-5-7-15-8-6-13/h10-14H,3-9H2,1-2H3. The Kier molecular flexibility index (Phi) is 4.04. The lowest BCUT2D eigenvalue weighted by Crippen LogP contribution is -2.41. The molecule has 0 amide bonds. The van der Waals surface area contributed by atoms with Crippen LogP contribution in [0.15, 0.2) is 0 Å². The first kappa shape index (κ1) is 11.4. The summed E-state index contributed by atoms with van der Waals surface area (Å²) in [6.45, 7) is 6.62. The number of hydrogen-bond acceptors (Lipinski definition) is 2. The maximum Gasteiger partial charge on any atom is 0.0469 e. The average molecular weight is 211 g/mol. The molecule has 1 saturated carbocycles. The van der Waals surface area contributed by atoms with Crippen LogP contribution >= 0.6 is 0 Å². The Morgan fingerprint density at radius 3 is 2.40 bits per heavy atom. The summed E-state index contributed by atoms with van der Waals surface area (Å²) in [4.78, 5) is 0. The summed E-state index contributed by atoms with van der Waals surface area (Å²) in [5, 5.41) is 3.77. The molecule has 1 heterocycles. The fourth-order valence-electron chi connectivity index (χ4n) is 2.72. The van der Waals surface area contributed by atoms with E-state index in [1.165, 1.54) is 32.1 Å². The number of hydrogen-bond donors (Lipinski definition) is 1. The van der Waals surface area contributed by atoms with Gasteiger partial charge in [-0.3, -0.25) is 0 Å². The monoisotopic (exact) mass is 211 g/mol. The highest BCUT2D eigenvalue weighted by Crippen LogP contribution is 2.33. The van der Waals surface area contributed by atoms with Gasteiger partial charge in [-0.2, -0.15) is 0 Å². The molecule has 2 atom stereocenters. The Hall–Kier alpha value is -0.0800. The molecule has 15 heavy (non-hydrogen) atoms. The molecule has 0 radical (unpaired) electrons. The normalized spacial score (nSPS) is 27.6. The smallest absolute Gasteiger partial charge is 0.0469 e. The van der Waals surface area contributed by atoms with Crippen molar-refractivity contribution >= 4 is 0 Å². The largest absolute Gasteiger partial charge is 0.381 e. The molecule has 0 bridgehead atoms. The van der Waals surface area contributed by atoms with E-state index in [-0.39, 0.29) is 0 Å². The minimum Gasteiger partial charge on any atom is -0.381 e. The van der Waals surface area contributed by atoms with Gasteiger partial charge in [0.25, 0.3) is 0 Å². The molecule has 2 fully saturated rings. The summed E-state index contributed by atoms with van der Waals surface area (Å²) >= 11 is 0. The van der Waals surface area contributed by atoms with E-state index in [0.29, 0.717) is 12.1 Å². The SMILES string of the molecule is CC(CC1CC1)NC(C)C1CCOCC1. The van der Waals surface area contributed by atoms with Gasteiger partial charge in [-0.15, -0.1) is 0 Å². The molecular weight excluding hydrogens is 186 g/mol. The molecule has 2 nitrogen and oxygen atoms in total. The van der Waals surface area contributed by atoms with Crippen LogP contribution in [-0.2, 0) is 4.74 Å². The molecule has 2 unspecified atom stereocenters. The zero-order valence-corrected chi connectivity index (χ0v) is 10.2. The topological polar surface area (TPSA) is 21.3 Å². The van der Waals surface area contributed by atoms with E-state index >= 15 is 0 Å². The molecule has 1 aliphatic carbocycles. The first-order valence-electron chi connectivity index (χ1n) is 6.59. The second-order valence-electron chi connectivity index (χ2n) is 5.49. The lowest BCUT2D eigenvalue weighted by Gasteiger charge is -2.30. The zero-order chi connectivity index (χ0) is 10.7. The molecule has 0 aromatic carbocycles. The number of ether oxygens (including phenoxy) is 1. The van der Waals surface area contributed by atoms with Crippen LogP contribution in [0.1, 0.15) is 46.0 Å². The van der Waals surface area contributed by atoms with Crippen LogP contribution in [-0.4, -0.2) is 25.3 Å². The third-order valence-corrected chi connectivity index (χ3v) is 3.90. The molecule has 0 aromatic heterocycles. The van der Waals surface area contributed by atoms with Gasteiger partial charge in [0.2, 0.25) is 0 Å². The van der Waals surface area contributed by atoms with Crippen molar-refractivity contribution in [2.24, 2.45) is 11.8 Å². The van der Waals surface area contributed by atoms with Crippen molar-refractivity contribution in [1.82, 2.24) is 5.32 Å². The van der Waals surface area contributed by atoms with Crippen LogP contribution in [0.2, 0.25) is 0 Å². The first-order valence-corrected chi connectivity index (χ1v) is 6.59. The molecule has 1 saturated heterocycles. The van der Waals surface area contributed by atoms with Crippen molar-refractivity contribution < 1.29 is 4.74 Å². The van der Waals surface area contributed by atoms with Crippen LogP contribution in [0.5, 0.6) is 0 Å². The lowest BCUT2D eigenvalue weighted by atomic mass is 9.92. The minimum atomic E-state index is 0.669. The van der Waals surface area contributed by atoms with Crippen molar-refractivity contribution in [2.45, 2.75) is 58.0 Å². The second kappa shape index (κ2) is 5.31. The molecule has 1 N–H and O–H groups in total. The Balaban J connectivity index is 1.66. The summed E-state index contributed by atoms with van der Waals surface area (Å²) in [6, 6.07) is 1.37. The molecule has 0 spiro atoms. The van der Waals surface area contributed by atoms with Crippen molar-refractivity contribution in [3.63, 3.8) is 0 Å². The fourth-order valence-corrected chi connectivity index (χ4v) is 2.72. The Morgan fingerprint density at radius 2 is 1.80 bits per heavy atom. The maximum atomic E-state index is 5.40. The maximum absolute atomic E-state index is 5.40. The van der Waals surface area contributed by atoms with Crippen molar-refractivity contribution in [1.29, 1.82) is 0 Å². The highest BCUT2D eigenvalue weighted by molar-refractivity contribution is 4.82. The van der Waals surface area contributed by atoms with E-state index < -0.39 is 0 Å². The van der Waals surface area contributed by atoms with Crippen molar-refractivity contribution in [3.05, 3.63) is 0 Å². The molecule has 88 valence electrons. The molecule has 1 aliphatic heterocycles. The second-order valence-corrected chi connectivity index (χ2v) is 5.49. The summed E-state index contributed by atoms with van der Waals surface area (Å²) in [6.07, 6.45) is 6.80. The van der Waals surface area contributed by atoms with Crippen LogP contribution in [0.4, 0.5) is 0 Å². The molecule has 0 aromatic rings. The summed E-state index contributed by atoms with van der Waals surface area (Å²) in [5.74, 6) is 1.87. The predicted molar refractivity (Wildman–Crippen MR) is 62.9 cm³/mol. The van der Waals surface area contributed by atoms with Crippen LogP contribution in [0, 0.1) is 11.8 Å². The summed E-state index contributed by atoms with van der Waals surface area (Å²) in [7, 11) is 0. The van der Waals surface area contributed by atoms with Gasteiger partial charge in [-0.1, -0.05) is 12.8 Å². The zero-order valence-electron chi connectivity index (χ0n) is 10.2. The Morgan fingerprint density at radius 1 is 1.13 bits per heavy atom. The quantitative estimate of drug-likeness (QED) is 0.754. The molecule has 2 heteroatoms. The van der Waals surface area contributed by atoms with Gasteiger partial charge in [0.1, 0.15) is 0 Å². The molecule has 2 aliphatic rings. The predicted octanol–water partition coefficient (Wildman–Crippen LogP) is 2.58. The average Bonchev–Trinajstić information content (AvgIpc) is 3.03. The molecule has 2 rings (SSSR count). The fraction of sp³-hybridized carbons (Fsp3) is 1.00. The Bertz CT molecular complexity index is 185. The van der Waals surface area contributed by atoms with E-state index in [4.69, 9.17) is 4.74 Å². The minimum absolute atomic E-state index is 0.669. The van der Waals surface area contributed by atoms with Gasteiger partial charge in [0.15, 0.2) is 0 Å². The van der Waals surface area contributed by atoms with E-state index in [1.54, 1.807) is 0 Å². The van der Waals surface area contributed by atoms with Gasteiger partial charge in [0, 0.05) is 25.3 Å².